The van der Waals surface area contributed by atoms with Gasteiger partial charge in [0.1, 0.15) is 5.88 Å². The minimum absolute atomic E-state index is 0.0184. The Labute approximate surface area is 76.7 Å². The number of carbonyl (C=O) groups excluding carboxylic acids is 2. The van der Waals surface area contributed by atoms with E-state index in [0.29, 0.717) is 19.5 Å². The minimum Gasteiger partial charge on any atom is -0.354 e. The Morgan fingerprint density at radius 1 is 1.17 bits per heavy atom. The van der Waals surface area contributed by atoms with Crippen molar-refractivity contribution in [1.29, 1.82) is 0 Å². The maximum atomic E-state index is 10.7. The lowest BCUT2D eigenvalue weighted by Gasteiger charge is -2.03. The van der Waals surface area contributed by atoms with Gasteiger partial charge in [-0.3, -0.25) is 9.59 Å². The zero-order valence-corrected chi connectivity index (χ0v) is 7.78. The van der Waals surface area contributed by atoms with Crippen molar-refractivity contribution in [2.75, 3.05) is 19.0 Å². The van der Waals surface area contributed by atoms with Crippen molar-refractivity contribution in [2.45, 2.75) is 13.3 Å². The second-order valence-electron chi connectivity index (χ2n) is 2.19. The van der Waals surface area contributed by atoms with Crippen molar-refractivity contribution in [2.24, 2.45) is 0 Å². The molecule has 0 rings (SSSR count). The van der Waals surface area contributed by atoms with Gasteiger partial charge in [-0.1, -0.05) is 6.92 Å². The molecule has 0 aliphatic heterocycles. The highest BCUT2D eigenvalue weighted by molar-refractivity contribution is 6.27. The summed E-state index contributed by atoms with van der Waals surface area (Å²) in [5.74, 6) is -0.278. The molecule has 12 heavy (non-hydrogen) atoms. The normalized spacial score (nSPS) is 9.17. The van der Waals surface area contributed by atoms with Crippen LogP contribution in [0.4, 0.5) is 0 Å². The van der Waals surface area contributed by atoms with E-state index in [1.54, 1.807) is 6.92 Å². The summed E-state index contributed by atoms with van der Waals surface area (Å²) in [6.07, 6.45) is 0.462. The summed E-state index contributed by atoms with van der Waals surface area (Å²) in [7, 11) is 0. The Bertz CT molecular complexity index is 143. The predicted molar refractivity (Wildman–Crippen MR) is 47.0 cm³/mol. The van der Waals surface area contributed by atoms with E-state index < -0.39 is 0 Å². The molecular formula is C7H13ClN2O2. The summed E-state index contributed by atoms with van der Waals surface area (Å²) < 4.78 is 0. The van der Waals surface area contributed by atoms with Crippen LogP contribution < -0.4 is 10.6 Å². The maximum Gasteiger partial charge on any atom is 0.234 e. The van der Waals surface area contributed by atoms with Crippen LogP contribution in [0, 0.1) is 0 Å². The highest BCUT2D eigenvalue weighted by Crippen LogP contribution is 1.74. The van der Waals surface area contributed by atoms with Crippen LogP contribution in [-0.4, -0.2) is 30.8 Å². The molecule has 2 N–H and O–H groups in total. The van der Waals surface area contributed by atoms with Crippen molar-refractivity contribution in [3.05, 3.63) is 0 Å². The molecule has 0 atom stereocenters. The third-order valence-electron chi connectivity index (χ3n) is 1.21. The summed E-state index contributed by atoms with van der Waals surface area (Å²) in [5.41, 5.74) is 0. The molecule has 0 aliphatic rings. The van der Waals surface area contributed by atoms with E-state index in [-0.39, 0.29) is 17.7 Å². The van der Waals surface area contributed by atoms with E-state index in [9.17, 15) is 9.59 Å². The molecule has 0 fully saturated rings. The van der Waals surface area contributed by atoms with E-state index in [2.05, 4.69) is 10.6 Å². The molecule has 0 radical (unpaired) electrons. The molecule has 70 valence electrons. The first-order chi connectivity index (χ1) is 5.70. The van der Waals surface area contributed by atoms with Crippen LogP contribution in [0.3, 0.4) is 0 Å². The van der Waals surface area contributed by atoms with Crippen LogP contribution in [0.2, 0.25) is 0 Å². The topological polar surface area (TPSA) is 58.2 Å². The average Bonchev–Trinajstić information content (AvgIpc) is 2.11. The Balaban J connectivity index is 3.21. The number of amides is 2. The highest BCUT2D eigenvalue weighted by atomic mass is 35.5. The first-order valence-corrected chi connectivity index (χ1v) is 4.33. The van der Waals surface area contributed by atoms with Gasteiger partial charge in [-0.2, -0.15) is 0 Å². The smallest absolute Gasteiger partial charge is 0.234 e. The fraction of sp³-hybridized carbons (Fsp3) is 0.714. The lowest BCUT2D eigenvalue weighted by Crippen LogP contribution is -2.34. The molecule has 0 heterocycles. The Kier molecular flexibility index (Phi) is 6.47. The van der Waals surface area contributed by atoms with Gasteiger partial charge < -0.3 is 10.6 Å². The van der Waals surface area contributed by atoms with Gasteiger partial charge in [-0.15, -0.1) is 11.6 Å². The number of halogens is 1. The Morgan fingerprint density at radius 3 is 2.08 bits per heavy atom. The van der Waals surface area contributed by atoms with Crippen molar-refractivity contribution in [3.8, 4) is 0 Å². The fourth-order valence-corrected chi connectivity index (χ4v) is 0.671. The molecule has 0 saturated carbocycles. The van der Waals surface area contributed by atoms with Crippen LogP contribution in [0.1, 0.15) is 13.3 Å². The quantitative estimate of drug-likeness (QED) is 0.471. The minimum atomic E-state index is -0.220. The number of hydrogen-bond acceptors (Lipinski definition) is 2. The van der Waals surface area contributed by atoms with Gasteiger partial charge in [0.25, 0.3) is 0 Å². The highest BCUT2D eigenvalue weighted by Gasteiger charge is 1.97. The average molecular weight is 193 g/mol. The first kappa shape index (κ1) is 11.2. The summed E-state index contributed by atoms with van der Waals surface area (Å²) in [5, 5.41) is 5.14. The molecule has 0 aromatic rings. The van der Waals surface area contributed by atoms with Gasteiger partial charge >= 0.3 is 0 Å². The summed E-state index contributed by atoms with van der Waals surface area (Å²) in [6.45, 7) is 2.65. The van der Waals surface area contributed by atoms with E-state index in [1.165, 1.54) is 0 Å². The molecule has 0 bridgehead atoms. The second-order valence-corrected chi connectivity index (χ2v) is 2.45. The van der Waals surface area contributed by atoms with E-state index in [4.69, 9.17) is 11.6 Å². The molecule has 4 nitrogen and oxygen atoms in total. The monoisotopic (exact) mass is 192 g/mol. The Hall–Kier alpha value is -0.770. The summed E-state index contributed by atoms with van der Waals surface area (Å²) >= 11 is 5.22. The number of hydrogen-bond donors (Lipinski definition) is 2. The molecular weight excluding hydrogens is 180 g/mol. The van der Waals surface area contributed by atoms with Crippen molar-refractivity contribution in [3.63, 3.8) is 0 Å². The maximum absolute atomic E-state index is 10.7. The second kappa shape index (κ2) is 6.91. The van der Waals surface area contributed by atoms with Gasteiger partial charge in [0.05, 0.1) is 0 Å². The molecule has 0 saturated heterocycles. The van der Waals surface area contributed by atoms with Crippen molar-refractivity contribution >= 4 is 23.4 Å². The van der Waals surface area contributed by atoms with Crippen LogP contribution in [0.5, 0.6) is 0 Å². The molecule has 2 amide bonds. The van der Waals surface area contributed by atoms with Crippen LogP contribution in [0.15, 0.2) is 0 Å². The van der Waals surface area contributed by atoms with Crippen molar-refractivity contribution < 1.29 is 9.59 Å². The molecule has 0 aromatic carbocycles. The third-order valence-corrected chi connectivity index (χ3v) is 1.45. The van der Waals surface area contributed by atoms with Gasteiger partial charge in [-0.05, 0) is 0 Å². The zero-order chi connectivity index (χ0) is 9.40. The Morgan fingerprint density at radius 2 is 1.67 bits per heavy atom. The van der Waals surface area contributed by atoms with E-state index in [1.807, 2.05) is 0 Å². The summed E-state index contributed by atoms with van der Waals surface area (Å²) in [4.78, 5) is 21.2. The zero-order valence-electron chi connectivity index (χ0n) is 7.02. The van der Waals surface area contributed by atoms with Gasteiger partial charge in [0.2, 0.25) is 11.8 Å². The van der Waals surface area contributed by atoms with E-state index in [0.717, 1.165) is 0 Å². The van der Waals surface area contributed by atoms with Crippen LogP contribution in [-0.2, 0) is 9.59 Å². The lowest BCUT2D eigenvalue weighted by atomic mass is 10.4. The summed E-state index contributed by atoms with van der Waals surface area (Å²) in [6, 6.07) is 0. The fourth-order valence-electron chi connectivity index (χ4n) is 0.576. The number of carbonyl (C=O) groups is 2. The van der Waals surface area contributed by atoms with Crippen LogP contribution >= 0.6 is 11.6 Å². The molecule has 0 spiro atoms. The van der Waals surface area contributed by atoms with Gasteiger partial charge in [0, 0.05) is 19.5 Å². The van der Waals surface area contributed by atoms with Gasteiger partial charge in [0.15, 0.2) is 0 Å². The molecule has 0 aromatic heterocycles. The number of nitrogens with one attached hydrogen (secondary N) is 2. The largest absolute Gasteiger partial charge is 0.354 e. The van der Waals surface area contributed by atoms with Crippen molar-refractivity contribution in [1.82, 2.24) is 10.6 Å². The lowest BCUT2D eigenvalue weighted by molar-refractivity contribution is -0.121. The number of alkyl halides is 1. The van der Waals surface area contributed by atoms with Gasteiger partial charge in [-0.25, -0.2) is 0 Å². The first-order valence-electron chi connectivity index (χ1n) is 3.80. The number of rotatable bonds is 5. The predicted octanol–water partition coefficient (Wildman–Crippen LogP) is -0.132. The van der Waals surface area contributed by atoms with Crippen LogP contribution in [0.25, 0.3) is 0 Å². The SMILES string of the molecule is CCC(=O)NCCNC(=O)CCl. The standard InChI is InChI=1S/C7H13ClN2O2/c1-2-6(11)9-3-4-10-7(12)5-8/h2-5H2,1H3,(H,9,11)(H,10,12). The molecule has 5 heteroatoms. The molecule has 0 unspecified atom stereocenters. The van der Waals surface area contributed by atoms with E-state index >= 15 is 0 Å². The third kappa shape index (κ3) is 5.97. The molecule has 0 aliphatic carbocycles.